The van der Waals surface area contributed by atoms with Gasteiger partial charge in [-0.05, 0) is 54.5 Å². The van der Waals surface area contributed by atoms with Crippen LogP contribution in [0.5, 0.6) is 0 Å². The van der Waals surface area contributed by atoms with E-state index in [2.05, 4.69) is 16.7 Å². The summed E-state index contributed by atoms with van der Waals surface area (Å²) in [5.74, 6) is -3.14. The van der Waals surface area contributed by atoms with Crippen molar-refractivity contribution in [2.24, 2.45) is 0 Å². The van der Waals surface area contributed by atoms with Crippen LogP contribution in [0, 0.1) is 23.0 Å². The standard InChI is InChI=1S/C36H37F2N5O5/c1-47-22-31-32(34(45)48-21-25-8-4-2-5-9-25)33(26-12-13-29(37)30(38)20-26)43(35(46)41-31)42(24-44)19-18-40-28-14-16-36(23-39,17-15-28)27-10-6-3-7-11-27/h2-13,20,24,28,33,40H,14-19,21-22H2,1H3,(H,41,46). The lowest BCUT2D eigenvalue weighted by Gasteiger charge is -2.42. The van der Waals surface area contributed by atoms with E-state index >= 15 is 0 Å². The van der Waals surface area contributed by atoms with Gasteiger partial charge in [-0.15, -0.1) is 0 Å². The molecule has 0 radical (unpaired) electrons. The summed E-state index contributed by atoms with van der Waals surface area (Å²) in [6.07, 6.45) is 3.23. The molecule has 1 aliphatic carbocycles. The highest BCUT2D eigenvalue weighted by Gasteiger charge is 2.43. The van der Waals surface area contributed by atoms with E-state index in [9.17, 15) is 28.4 Å². The zero-order valence-electron chi connectivity index (χ0n) is 26.5. The summed E-state index contributed by atoms with van der Waals surface area (Å²) >= 11 is 0. The molecule has 1 aliphatic heterocycles. The number of amides is 3. The van der Waals surface area contributed by atoms with Gasteiger partial charge in [0.2, 0.25) is 6.41 Å². The molecule has 2 aliphatic rings. The average molecular weight is 658 g/mol. The van der Waals surface area contributed by atoms with Crippen LogP contribution in [0.15, 0.2) is 90.1 Å². The Hall–Kier alpha value is -5.12. The quantitative estimate of drug-likeness (QED) is 0.195. The van der Waals surface area contributed by atoms with Gasteiger partial charge in [-0.2, -0.15) is 5.26 Å². The number of benzene rings is 3. The average Bonchev–Trinajstić information content (AvgIpc) is 3.11. The van der Waals surface area contributed by atoms with Crippen molar-refractivity contribution in [2.45, 2.75) is 49.8 Å². The third kappa shape index (κ3) is 7.54. The van der Waals surface area contributed by atoms with E-state index in [1.165, 1.54) is 13.2 Å². The fourth-order valence-electron chi connectivity index (χ4n) is 6.34. The Morgan fingerprint density at radius 3 is 2.38 bits per heavy atom. The summed E-state index contributed by atoms with van der Waals surface area (Å²) in [4.78, 5) is 39.9. The van der Waals surface area contributed by atoms with E-state index in [0.29, 0.717) is 24.8 Å². The van der Waals surface area contributed by atoms with Gasteiger partial charge in [0, 0.05) is 19.7 Å². The lowest BCUT2D eigenvalue weighted by molar-refractivity contribution is -0.144. The topological polar surface area (TPSA) is 124 Å². The van der Waals surface area contributed by atoms with Crippen LogP contribution < -0.4 is 10.6 Å². The van der Waals surface area contributed by atoms with Crippen LogP contribution in [0.1, 0.15) is 48.4 Å². The summed E-state index contributed by atoms with van der Waals surface area (Å²) in [5.41, 5.74) is 1.16. The number of ether oxygens (including phenoxy) is 2. The van der Waals surface area contributed by atoms with Crippen LogP contribution in [-0.4, -0.2) is 61.3 Å². The molecular weight excluding hydrogens is 620 g/mol. The number of hydrogen-bond acceptors (Lipinski definition) is 7. The third-order valence-electron chi connectivity index (χ3n) is 8.84. The molecule has 0 aromatic heterocycles. The lowest BCUT2D eigenvalue weighted by atomic mass is 9.69. The minimum Gasteiger partial charge on any atom is -0.457 e. The number of esters is 1. The largest absolute Gasteiger partial charge is 0.457 e. The van der Waals surface area contributed by atoms with Crippen molar-refractivity contribution in [3.63, 3.8) is 0 Å². The highest BCUT2D eigenvalue weighted by atomic mass is 19.2. The van der Waals surface area contributed by atoms with Crippen molar-refractivity contribution >= 4 is 18.4 Å². The number of nitrogens with one attached hydrogen (secondary N) is 2. The molecule has 1 atom stereocenters. The monoisotopic (exact) mass is 657 g/mol. The van der Waals surface area contributed by atoms with Crippen molar-refractivity contribution in [1.82, 2.24) is 20.7 Å². The number of hydrogen-bond donors (Lipinski definition) is 2. The number of methoxy groups -OCH3 is 1. The summed E-state index contributed by atoms with van der Waals surface area (Å²) in [6.45, 7) is -0.0262. The molecule has 5 rings (SSSR count). The molecule has 48 heavy (non-hydrogen) atoms. The van der Waals surface area contributed by atoms with Crippen LogP contribution in [0.2, 0.25) is 0 Å². The maximum absolute atomic E-state index is 14.6. The summed E-state index contributed by atoms with van der Waals surface area (Å²) in [6, 6.07) is 22.2. The Balaban J connectivity index is 1.36. The van der Waals surface area contributed by atoms with Crippen LogP contribution in [0.4, 0.5) is 13.6 Å². The van der Waals surface area contributed by atoms with E-state index in [4.69, 9.17) is 9.47 Å². The fraction of sp³-hybridized carbons (Fsp3) is 0.333. The van der Waals surface area contributed by atoms with Crippen LogP contribution in [-0.2, 0) is 31.1 Å². The van der Waals surface area contributed by atoms with Gasteiger partial charge in [0.1, 0.15) is 12.6 Å². The number of rotatable bonds is 13. The van der Waals surface area contributed by atoms with Crippen LogP contribution in [0.3, 0.4) is 0 Å². The highest BCUT2D eigenvalue weighted by Crippen LogP contribution is 2.39. The van der Waals surface area contributed by atoms with Gasteiger partial charge in [-0.25, -0.2) is 23.4 Å². The summed E-state index contributed by atoms with van der Waals surface area (Å²) in [5, 5.41) is 18.2. The maximum Gasteiger partial charge on any atom is 0.341 e. The number of carbonyl (C=O) groups excluding carboxylic acids is 3. The minimum absolute atomic E-state index is 0.00162. The Morgan fingerprint density at radius 1 is 1.06 bits per heavy atom. The first-order valence-corrected chi connectivity index (χ1v) is 15.7. The molecule has 0 bridgehead atoms. The van der Waals surface area contributed by atoms with Gasteiger partial charge in [0.15, 0.2) is 11.6 Å². The fourth-order valence-corrected chi connectivity index (χ4v) is 6.34. The number of nitrogens with zero attached hydrogens (tertiary/aromatic N) is 3. The van der Waals surface area contributed by atoms with E-state index in [-0.39, 0.29) is 49.2 Å². The first kappa shape index (κ1) is 34.2. The second-order valence-corrected chi connectivity index (χ2v) is 11.8. The SMILES string of the molecule is COCC1=C(C(=O)OCc2ccccc2)C(c2ccc(F)c(F)c2)N(N(C=O)CCNC2CCC(C#N)(c3ccccc3)CC2)C(=O)N1. The van der Waals surface area contributed by atoms with Crippen molar-refractivity contribution in [1.29, 1.82) is 5.26 Å². The van der Waals surface area contributed by atoms with Crippen molar-refractivity contribution in [2.75, 3.05) is 26.8 Å². The van der Waals surface area contributed by atoms with Crippen LogP contribution >= 0.6 is 0 Å². The third-order valence-corrected chi connectivity index (χ3v) is 8.84. The van der Waals surface area contributed by atoms with Gasteiger partial charge in [-0.3, -0.25) is 9.80 Å². The predicted molar refractivity (Wildman–Crippen MR) is 171 cm³/mol. The van der Waals surface area contributed by atoms with Gasteiger partial charge < -0.3 is 20.1 Å². The molecule has 1 unspecified atom stereocenters. The van der Waals surface area contributed by atoms with E-state index in [1.54, 1.807) is 24.3 Å². The van der Waals surface area contributed by atoms with E-state index in [1.807, 2.05) is 36.4 Å². The van der Waals surface area contributed by atoms with E-state index in [0.717, 1.165) is 40.6 Å². The normalized spacial score (nSPS) is 20.9. The Morgan fingerprint density at radius 2 is 1.75 bits per heavy atom. The van der Waals surface area contributed by atoms with Crippen molar-refractivity contribution < 1.29 is 32.6 Å². The molecule has 3 amide bonds. The number of urea groups is 1. The number of nitriles is 1. The molecule has 12 heteroatoms. The van der Waals surface area contributed by atoms with Crippen LogP contribution in [0.25, 0.3) is 0 Å². The molecule has 10 nitrogen and oxygen atoms in total. The predicted octanol–water partition coefficient (Wildman–Crippen LogP) is 5.04. The number of halogens is 2. The summed E-state index contributed by atoms with van der Waals surface area (Å²) < 4.78 is 39.6. The zero-order valence-corrected chi connectivity index (χ0v) is 26.5. The van der Waals surface area contributed by atoms with Gasteiger partial charge in [0.05, 0.1) is 35.9 Å². The molecule has 1 saturated carbocycles. The van der Waals surface area contributed by atoms with Gasteiger partial charge in [0.25, 0.3) is 0 Å². The second-order valence-electron chi connectivity index (χ2n) is 11.8. The van der Waals surface area contributed by atoms with E-state index < -0.39 is 35.1 Å². The van der Waals surface area contributed by atoms with Crippen molar-refractivity contribution in [3.8, 4) is 6.07 Å². The Kier molecular flexibility index (Phi) is 11.2. The molecule has 0 spiro atoms. The first-order chi connectivity index (χ1) is 23.3. The van der Waals surface area contributed by atoms with Gasteiger partial charge in [-0.1, -0.05) is 66.7 Å². The minimum atomic E-state index is -1.36. The zero-order chi connectivity index (χ0) is 34.1. The summed E-state index contributed by atoms with van der Waals surface area (Å²) in [7, 11) is 1.38. The molecule has 3 aromatic rings. The molecule has 3 aromatic carbocycles. The number of carbonyl (C=O) groups is 3. The molecule has 1 heterocycles. The highest BCUT2D eigenvalue weighted by molar-refractivity contribution is 5.95. The smallest absolute Gasteiger partial charge is 0.341 e. The molecule has 250 valence electrons. The molecule has 1 fully saturated rings. The second kappa shape index (κ2) is 15.6. The lowest BCUT2D eigenvalue weighted by Crippen LogP contribution is -2.58. The molecule has 2 N–H and O–H groups in total. The van der Waals surface area contributed by atoms with Gasteiger partial charge >= 0.3 is 12.0 Å². The Labute approximate surface area is 277 Å². The molecular formula is C36H37F2N5O5. The Bertz CT molecular complexity index is 1670. The molecule has 0 saturated heterocycles. The number of hydrazine groups is 1. The maximum atomic E-state index is 14.6. The van der Waals surface area contributed by atoms with Crippen molar-refractivity contribution in [3.05, 3.63) is 118 Å². The first-order valence-electron chi connectivity index (χ1n) is 15.7.